The summed E-state index contributed by atoms with van der Waals surface area (Å²) in [6.07, 6.45) is -13.5. The second-order valence-corrected chi connectivity index (χ2v) is 11.6. The summed E-state index contributed by atoms with van der Waals surface area (Å²) in [4.78, 5) is 35.5. The van der Waals surface area contributed by atoms with E-state index in [-0.39, 0.29) is 35.6 Å². The summed E-state index contributed by atoms with van der Waals surface area (Å²) in [6, 6.07) is 10.6. The number of likely N-dealkylation sites (tertiary alicyclic amines) is 1. The molecule has 9 nitrogen and oxygen atoms in total. The molecule has 2 N–H and O–H groups in total. The minimum atomic E-state index is -5.79. The van der Waals surface area contributed by atoms with Gasteiger partial charge in [0.05, 0.1) is 11.6 Å². The Morgan fingerprint density at radius 2 is 1.67 bits per heavy atom. The van der Waals surface area contributed by atoms with Gasteiger partial charge in [0.1, 0.15) is 17.5 Å². The highest BCUT2D eigenvalue weighted by Gasteiger charge is 2.59. The molecule has 2 amide bonds. The lowest BCUT2D eigenvalue weighted by atomic mass is 9.99. The first-order valence-electron chi connectivity index (χ1n) is 14.3. The lowest BCUT2D eigenvalue weighted by molar-refractivity contribution is -0.334. The van der Waals surface area contributed by atoms with Crippen molar-refractivity contribution in [3.8, 4) is 0 Å². The van der Waals surface area contributed by atoms with Gasteiger partial charge in [-0.2, -0.15) is 26.3 Å². The molecule has 2 atom stereocenters. The van der Waals surface area contributed by atoms with E-state index >= 15 is 0 Å². The second kappa shape index (κ2) is 13.9. The van der Waals surface area contributed by atoms with Crippen molar-refractivity contribution in [1.82, 2.24) is 14.9 Å². The fourth-order valence-electron chi connectivity index (χ4n) is 4.94. The molecule has 46 heavy (non-hydrogen) atoms. The molecule has 0 bridgehead atoms. The van der Waals surface area contributed by atoms with E-state index in [2.05, 4.69) is 20.6 Å². The standard InChI is InChI=1S/C31H33F6N5O4/c1-29(2,3)46-28(44)42-16-6-10-23(42)24(45-27(30(32,33)34)31(35,36)37)20-7-4-8-21(17-20)41-26(43)22-9-5-13-39-25(22)40-18-19-11-14-38-15-12-19/h4-5,7-9,11-15,17,23-24,27H,6,10,16,18H2,1-3H3,(H,39,40)(H,41,43). The monoisotopic (exact) mass is 653 g/mol. The summed E-state index contributed by atoms with van der Waals surface area (Å²) in [5.74, 6) is -0.397. The number of ether oxygens (including phenoxy) is 2. The number of nitrogens with zero attached hydrogens (tertiary/aromatic N) is 3. The predicted octanol–water partition coefficient (Wildman–Crippen LogP) is 7.29. The number of carbonyl (C=O) groups excluding carboxylic acids is 2. The zero-order valence-corrected chi connectivity index (χ0v) is 25.2. The van der Waals surface area contributed by atoms with Crippen molar-refractivity contribution >= 4 is 23.5 Å². The molecular formula is C31H33F6N5O4. The number of alkyl halides is 6. The number of carbonyl (C=O) groups is 2. The molecule has 4 rings (SSSR count). The van der Waals surface area contributed by atoms with E-state index in [4.69, 9.17) is 9.47 Å². The van der Waals surface area contributed by atoms with Crippen LogP contribution in [0.15, 0.2) is 67.1 Å². The molecule has 2 unspecified atom stereocenters. The molecule has 1 saturated heterocycles. The summed E-state index contributed by atoms with van der Waals surface area (Å²) in [5, 5.41) is 5.69. The maximum Gasteiger partial charge on any atom is 0.423 e. The van der Waals surface area contributed by atoms with Gasteiger partial charge in [-0.15, -0.1) is 0 Å². The highest BCUT2D eigenvalue weighted by atomic mass is 19.4. The fraction of sp³-hybridized carbons (Fsp3) is 0.419. The van der Waals surface area contributed by atoms with Crippen LogP contribution in [0.4, 0.5) is 42.6 Å². The van der Waals surface area contributed by atoms with Crippen LogP contribution >= 0.6 is 0 Å². The van der Waals surface area contributed by atoms with E-state index < -0.39 is 48.2 Å². The maximum atomic E-state index is 13.7. The molecule has 1 aliphatic rings. The van der Waals surface area contributed by atoms with Gasteiger partial charge in [-0.3, -0.25) is 9.78 Å². The third-order valence-electron chi connectivity index (χ3n) is 6.89. The first kappa shape index (κ1) is 34.5. The van der Waals surface area contributed by atoms with Crippen molar-refractivity contribution in [2.45, 2.75) is 76.4 Å². The van der Waals surface area contributed by atoms with Crippen LogP contribution in [0.25, 0.3) is 0 Å². The number of benzene rings is 1. The summed E-state index contributed by atoms with van der Waals surface area (Å²) in [6.45, 7) is 5.11. The Bertz CT molecular complexity index is 1480. The predicted molar refractivity (Wildman–Crippen MR) is 156 cm³/mol. The van der Waals surface area contributed by atoms with Gasteiger partial charge in [0.25, 0.3) is 5.91 Å². The Morgan fingerprint density at radius 1 is 0.978 bits per heavy atom. The Morgan fingerprint density at radius 3 is 2.33 bits per heavy atom. The van der Waals surface area contributed by atoms with Crippen LogP contribution in [0.5, 0.6) is 0 Å². The third-order valence-corrected chi connectivity index (χ3v) is 6.89. The molecule has 2 aromatic heterocycles. The molecule has 0 aliphatic carbocycles. The lowest BCUT2D eigenvalue weighted by Crippen LogP contribution is -2.49. The van der Waals surface area contributed by atoms with E-state index in [1.54, 1.807) is 45.3 Å². The summed E-state index contributed by atoms with van der Waals surface area (Å²) < 4.78 is 92.3. The topological polar surface area (TPSA) is 106 Å². The fourth-order valence-corrected chi connectivity index (χ4v) is 4.94. The molecule has 15 heteroatoms. The Hall–Kier alpha value is -4.40. The van der Waals surface area contributed by atoms with Crippen LogP contribution < -0.4 is 10.6 Å². The number of nitrogens with one attached hydrogen (secondary N) is 2. The van der Waals surface area contributed by atoms with Crippen LogP contribution in [0.1, 0.15) is 61.2 Å². The Labute approximate surface area is 261 Å². The molecule has 1 fully saturated rings. The minimum Gasteiger partial charge on any atom is -0.444 e. The van der Waals surface area contributed by atoms with Crippen molar-refractivity contribution in [2.24, 2.45) is 0 Å². The van der Waals surface area contributed by atoms with Gasteiger partial charge in [0.15, 0.2) is 0 Å². The van der Waals surface area contributed by atoms with Gasteiger partial charge >= 0.3 is 18.4 Å². The van der Waals surface area contributed by atoms with Gasteiger partial charge in [0.2, 0.25) is 6.10 Å². The minimum absolute atomic E-state index is 0.0366. The summed E-state index contributed by atoms with van der Waals surface area (Å²) in [5.41, 5.74) is -0.00909. The van der Waals surface area contributed by atoms with Crippen molar-refractivity contribution in [3.63, 3.8) is 0 Å². The number of amides is 2. The number of halogens is 6. The summed E-state index contributed by atoms with van der Waals surface area (Å²) in [7, 11) is 0. The van der Waals surface area contributed by atoms with E-state index in [1.807, 2.05) is 0 Å². The zero-order valence-electron chi connectivity index (χ0n) is 25.2. The molecule has 0 spiro atoms. The number of aromatic nitrogens is 2. The van der Waals surface area contributed by atoms with Crippen molar-refractivity contribution in [2.75, 3.05) is 17.2 Å². The average molecular weight is 654 g/mol. The third kappa shape index (κ3) is 9.08. The molecule has 1 aliphatic heterocycles. The van der Waals surface area contributed by atoms with Gasteiger partial charge in [0, 0.05) is 37.4 Å². The van der Waals surface area contributed by atoms with Crippen LogP contribution in [0, 0.1) is 0 Å². The lowest BCUT2D eigenvalue weighted by Gasteiger charge is -2.36. The van der Waals surface area contributed by atoms with Gasteiger partial charge in [-0.05, 0) is 81.1 Å². The smallest absolute Gasteiger partial charge is 0.423 e. The average Bonchev–Trinajstić information content (AvgIpc) is 3.45. The normalized spacial score (nSPS) is 16.3. The molecule has 0 saturated carbocycles. The van der Waals surface area contributed by atoms with E-state index in [0.717, 1.165) is 10.5 Å². The number of hydrogen-bond acceptors (Lipinski definition) is 7. The van der Waals surface area contributed by atoms with E-state index in [1.165, 1.54) is 42.6 Å². The van der Waals surface area contributed by atoms with Gasteiger partial charge in [-0.1, -0.05) is 12.1 Å². The number of pyridine rings is 2. The van der Waals surface area contributed by atoms with E-state index in [9.17, 15) is 35.9 Å². The zero-order chi connectivity index (χ0) is 33.7. The van der Waals surface area contributed by atoms with Crippen molar-refractivity contribution in [3.05, 3.63) is 83.8 Å². The molecule has 3 aromatic rings. The second-order valence-electron chi connectivity index (χ2n) is 11.6. The van der Waals surface area contributed by atoms with Gasteiger partial charge < -0.3 is 25.0 Å². The van der Waals surface area contributed by atoms with E-state index in [0.29, 0.717) is 13.0 Å². The Kier molecular flexibility index (Phi) is 10.4. The van der Waals surface area contributed by atoms with Crippen LogP contribution in [-0.2, 0) is 16.0 Å². The molecular weight excluding hydrogens is 620 g/mol. The maximum absolute atomic E-state index is 13.7. The number of rotatable bonds is 9. The van der Waals surface area contributed by atoms with Crippen LogP contribution in [0.2, 0.25) is 0 Å². The van der Waals surface area contributed by atoms with Crippen molar-refractivity contribution in [1.29, 1.82) is 0 Å². The first-order chi connectivity index (χ1) is 21.5. The number of hydrogen-bond donors (Lipinski definition) is 2. The molecule has 248 valence electrons. The van der Waals surface area contributed by atoms with Crippen LogP contribution in [0.3, 0.4) is 0 Å². The van der Waals surface area contributed by atoms with Gasteiger partial charge in [-0.25, -0.2) is 9.78 Å². The highest BCUT2D eigenvalue weighted by Crippen LogP contribution is 2.42. The highest BCUT2D eigenvalue weighted by molar-refractivity contribution is 6.07. The Balaban J connectivity index is 1.64. The first-order valence-corrected chi connectivity index (χ1v) is 14.3. The summed E-state index contributed by atoms with van der Waals surface area (Å²) >= 11 is 0. The molecule has 3 heterocycles. The molecule has 0 radical (unpaired) electrons. The van der Waals surface area contributed by atoms with Crippen molar-refractivity contribution < 1.29 is 45.4 Å². The largest absolute Gasteiger partial charge is 0.444 e. The molecule has 1 aromatic carbocycles. The number of anilines is 2. The quantitative estimate of drug-likeness (QED) is 0.234. The SMILES string of the molecule is CC(C)(C)OC(=O)N1CCCC1C(OC(C(F)(F)F)C(F)(F)F)c1cccc(NC(=O)c2cccnc2NCc2ccncc2)c1. The van der Waals surface area contributed by atoms with Crippen LogP contribution in [-0.4, -0.2) is 63.5 Å².